The summed E-state index contributed by atoms with van der Waals surface area (Å²) in [7, 11) is 0. The molecule has 0 aliphatic heterocycles. The molecular formula is C10H14ClN3. The number of aromatic nitrogens is 2. The number of hydrogen-bond donors (Lipinski definition) is 1. The lowest BCUT2D eigenvalue weighted by atomic mass is 9.85. The van der Waals surface area contributed by atoms with Gasteiger partial charge in [-0.05, 0) is 37.3 Å². The lowest BCUT2D eigenvalue weighted by molar-refractivity contribution is 0.341. The third kappa shape index (κ3) is 2.35. The molecular weight excluding hydrogens is 198 g/mol. The second-order valence-electron chi connectivity index (χ2n) is 3.93. The molecule has 0 bridgehead atoms. The van der Waals surface area contributed by atoms with E-state index in [4.69, 9.17) is 11.6 Å². The van der Waals surface area contributed by atoms with Crippen molar-refractivity contribution in [3.05, 3.63) is 17.8 Å². The molecule has 0 saturated heterocycles. The van der Waals surface area contributed by atoms with Gasteiger partial charge >= 0.3 is 0 Å². The largest absolute Gasteiger partial charge is 0.368 e. The minimum Gasteiger partial charge on any atom is -0.368 e. The Morgan fingerprint density at radius 2 is 2.36 bits per heavy atom. The molecule has 76 valence electrons. The molecule has 0 unspecified atom stereocenters. The van der Waals surface area contributed by atoms with E-state index in [1.165, 1.54) is 0 Å². The summed E-state index contributed by atoms with van der Waals surface area (Å²) in [6.45, 7) is 2.97. The van der Waals surface area contributed by atoms with Crippen molar-refractivity contribution in [1.82, 2.24) is 10.2 Å². The SMILES string of the molecule is Cc1cnnc(NCC2CC(Cl)C2)c1. The van der Waals surface area contributed by atoms with Crippen LogP contribution in [0.5, 0.6) is 0 Å². The van der Waals surface area contributed by atoms with Crippen molar-refractivity contribution in [1.29, 1.82) is 0 Å². The summed E-state index contributed by atoms with van der Waals surface area (Å²) in [5.41, 5.74) is 1.13. The monoisotopic (exact) mass is 211 g/mol. The van der Waals surface area contributed by atoms with Crippen molar-refractivity contribution in [2.24, 2.45) is 5.92 Å². The number of anilines is 1. The minimum absolute atomic E-state index is 0.394. The van der Waals surface area contributed by atoms with Crippen LogP contribution in [0.2, 0.25) is 0 Å². The van der Waals surface area contributed by atoms with Crippen LogP contribution in [0, 0.1) is 12.8 Å². The Labute approximate surface area is 88.9 Å². The zero-order valence-electron chi connectivity index (χ0n) is 8.20. The Morgan fingerprint density at radius 1 is 1.57 bits per heavy atom. The van der Waals surface area contributed by atoms with Crippen LogP contribution in [-0.2, 0) is 0 Å². The van der Waals surface area contributed by atoms with E-state index in [0.29, 0.717) is 11.3 Å². The maximum Gasteiger partial charge on any atom is 0.148 e. The average Bonchev–Trinajstić information content (AvgIpc) is 2.11. The van der Waals surface area contributed by atoms with E-state index in [1.807, 2.05) is 13.0 Å². The van der Waals surface area contributed by atoms with Crippen LogP contribution >= 0.6 is 11.6 Å². The molecule has 1 aliphatic rings. The van der Waals surface area contributed by atoms with Crippen LogP contribution < -0.4 is 5.32 Å². The summed E-state index contributed by atoms with van der Waals surface area (Å²) in [4.78, 5) is 0. The van der Waals surface area contributed by atoms with Crippen LogP contribution in [-0.4, -0.2) is 22.1 Å². The standard InChI is InChI=1S/C10H14ClN3/c1-7-2-10(14-13-5-7)12-6-8-3-9(11)4-8/h2,5,8-9H,3-4,6H2,1H3,(H,12,14). The summed E-state index contributed by atoms with van der Waals surface area (Å²) in [6, 6.07) is 2.00. The van der Waals surface area contributed by atoms with E-state index in [0.717, 1.165) is 30.8 Å². The molecule has 1 aromatic heterocycles. The zero-order chi connectivity index (χ0) is 9.97. The topological polar surface area (TPSA) is 37.8 Å². The third-order valence-electron chi connectivity index (χ3n) is 2.54. The van der Waals surface area contributed by atoms with Crippen molar-refractivity contribution in [2.75, 3.05) is 11.9 Å². The van der Waals surface area contributed by atoms with Gasteiger partial charge in [-0.1, -0.05) is 0 Å². The molecule has 0 radical (unpaired) electrons. The van der Waals surface area contributed by atoms with Gasteiger partial charge in [-0.25, -0.2) is 0 Å². The zero-order valence-corrected chi connectivity index (χ0v) is 8.96. The molecule has 3 nitrogen and oxygen atoms in total. The van der Waals surface area contributed by atoms with Gasteiger partial charge in [0.15, 0.2) is 0 Å². The lowest BCUT2D eigenvalue weighted by Gasteiger charge is -2.30. The number of hydrogen-bond acceptors (Lipinski definition) is 3. The highest BCUT2D eigenvalue weighted by Crippen LogP contribution is 2.31. The highest BCUT2D eigenvalue weighted by Gasteiger charge is 2.26. The minimum atomic E-state index is 0.394. The maximum absolute atomic E-state index is 5.89. The molecule has 4 heteroatoms. The van der Waals surface area contributed by atoms with Gasteiger partial charge in [0.05, 0.1) is 6.20 Å². The summed E-state index contributed by atoms with van der Waals surface area (Å²) >= 11 is 5.89. The fourth-order valence-electron chi connectivity index (χ4n) is 1.62. The smallest absolute Gasteiger partial charge is 0.148 e. The second-order valence-corrected chi connectivity index (χ2v) is 4.55. The number of nitrogens with zero attached hydrogens (tertiary/aromatic N) is 2. The van der Waals surface area contributed by atoms with E-state index in [9.17, 15) is 0 Å². The van der Waals surface area contributed by atoms with Gasteiger partial charge in [0.25, 0.3) is 0 Å². The Hall–Kier alpha value is -0.830. The summed E-state index contributed by atoms with van der Waals surface area (Å²) in [6.07, 6.45) is 3.99. The Balaban J connectivity index is 1.80. The number of nitrogens with one attached hydrogen (secondary N) is 1. The van der Waals surface area contributed by atoms with Crippen LogP contribution in [0.1, 0.15) is 18.4 Å². The van der Waals surface area contributed by atoms with Crippen LogP contribution in [0.3, 0.4) is 0 Å². The average molecular weight is 212 g/mol. The third-order valence-corrected chi connectivity index (χ3v) is 2.90. The second kappa shape index (κ2) is 4.13. The highest BCUT2D eigenvalue weighted by atomic mass is 35.5. The summed E-state index contributed by atoms with van der Waals surface area (Å²) in [5, 5.41) is 11.5. The van der Waals surface area contributed by atoms with E-state index in [-0.39, 0.29) is 0 Å². The maximum atomic E-state index is 5.89. The first-order chi connectivity index (χ1) is 6.74. The molecule has 1 aliphatic carbocycles. The Morgan fingerprint density at radius 3 is 3.00 bits per heavy atom. The van der Waals surface area contributed by atoms with Gasteiger partial charge in [0, 0.05) is 11.9 Å². The summed E-state index contributed by atoms with van der Waals surface area (Å²) in [5.74, 6) is 1.57. The quantitative estimate of drug-likeness (QED) is 0.780. The Bertz CT molecular complexity index is 310. The van der Waals surface area contributed by atoms with Crippen molar-refractivity contribution in [2.45, 2.75) is 25.1 Å². The van der Waals surface area contributed by atoms with Gasteiger partial charge < -0.3 is 5.32 Å². The predicted molar refractivity (Wildman–Crippen MR) is 57.6 cm³/mol. The van der Waals surface area contributed by atoms with E-state index < -0.39 is 0 Å². The Kier molecular flexibility index (Phi) is 2.87. The van der Waals surface area contributed by atoms with E-state index in [1.54, 1.807) is 6.20 Å². The fraction of sp³-hybridized carbons (Fsp3) is 0.600. The predicted octanol–water partition coefficient (Wildman–Crippen LogP) is 2.21. The van der Waals surface area contributed by atoms with Crippen molar-refractivity contribution >= 4 is 17.4 Å². The molecule has 1 aromatic rings. The van der Waals surface area contributed by atoms with Crippen molar-refractivity contribution in [3.63, 3.8) is 0 Å². The molecule has 0 atom stereocenters. The number of aryl methyl sites for hydroxylation is 1. The van der Waals surface area contributed by atoms with Crippen LogP contribution in [0.25, 0.3) is 0 Å². The molecule has 0 aromatic carbocycles. The molecule has 1 saturated carbocycles. The first-order valence-electron chi connectivity index (χ1n) is 4.91. The number of alkyl halides is 1. The molecule has 0 amide bonds. The summed E-state index contributed by atoms with van der Waals surface area (Å²) < 4.78 is 0. The highest BCUT2D eigenvalue weighted by molar-refractivity contribution is 6.21. The van der Waals surface area contributed by atoms with Gasteiger partial charge in [0.2, 0.25) is 0 Å². The normalized spacial score (nSPS) is 25.6. The fourth-order valence-corrected chi connectivity index (χ4v) is 2.12. The molecule has 1 heterocycles. The number of rotatable bonds is 3. The molecule has 1 N–H and O–H groups in total. The number of halogens is 1. The van der Waals surface area contributed by atoms with Crippen LogP contribution in [0.4, 0.5) is 5.82 Å². The van der Waals surface area contributed by atoms with Crippen LogP contribution in [0.15, 0.2) is 12.3 Å². The molecule has 2 rings (SSSR count). The molecule has 0 spiro atoms. The van der Waals surface area contributed by atoms with E-state index >= 15 is 0 Å². The first-order valence-corrected chi connectivity index (χ1v) is 5.35. The van der Waals surface area contributed by atoms with Crippen molar-refractivity contribution < 1.29 is 0 Å². The van der Waals surface area contributed by atoms with Gasteiger partial charge in [0.1, 0.15) is 5.82 Å². The van der Waals surface area contributed by atoms with Crippen molar-refractivity contribution in [3.8, 4) is 0 Å². The van der Waals surface area contributed by atoms with Gasteiger partial charge in [-0.2, -0.15) is 5.10 Å². The van der Waals surface area contributed by atoms with Gasteiger partial charge in [-0.15, -0.1) is 16.7 Å². The molecule has 14 heavy (non-hydrogen) atoms. The van der Waals surface area contributed by atoms with E-state index in [2.05, 4.69) is 15.5 Å². The molecule has 1 fully saturated rings. The lowest BCUT2D eigenvalue weighted by Crippen LogP contribution is -2.30. The first kappa shape index (κ1) is 9.71. The van der Waals surface area contributed by atoms with Gasteiger partial charge in [-0.3, -0.25) is 0 Å².